The maximum Gasteiger partial charge on any atom is 0.246 e. The number of likely N-dealkylation sites (N-methyl/N-ethyl adjacent to an activating group) is 2. The normalized spacial score (nSPS) is 22.0. The first-order chi connectivity index (χ1) is 34.0. The van der Waals surface area contributed by atoms with Gasteiger partial charge in [0.25, 0.3) is 0 Å². The highest BCUT2D eigenvalue weighted by molar-refractivity contribution is 5.96. The number of piperazine rings is 2. The van der Waals surface area contributed by atoms with Crippen molar-refractivity contribution in [2.24, 2.45) is 10.8 Å². The van der Waals surface area contributed by atoms with Gasteiger partial charge in [-0.1, -0.05) is 90.1 Å². The molecule has 0 bridgehead atoms. The highest BCUT2D eigenvalue weighted by atomic mass is 16.2. The topological polar surface area (TPSA) is 222 Å². The molecule has 8 amide bonds. The molecule has 2 fully saturated rings. The Morgan fingerprint density at radius 3 is 1.26 bits per heavy atom. The van der Waals surface area contributed by atoms with Crippen LogP contribution in [-0.4, -0.2) is 156 Å². The van der Waals surface area contributed by atoms with E-state index in [4.69, 9.17) is 0 Å². The van der Waals surface area contributed by atoms with Gasteiger partial charge in [-0.2, -0.15) is 0 Å². The number of amides is 8. The van der Waals surface area contributed by atoms with E-state index in [0.717, 1.165) is 47.9 Å². The molecule has 8 atom stereocenters. The lowest BCUT2D eigenvalue weighted by Gasteiger charge is -2.44. The maximum atomic E-state index is 14.6. The van der Waals surface area contributed by atoms with Crippen LogP contribution in [0.2, 0.25) is 0 Å². The van der Waals surface area contributed by atoms with Crippen molar-refractivity contribution in [1.29, 1.82) is 0 Å². The summed E-state index contributed by atoms with van der Waals surface area (Å²) < 4.78 is 0. The number of benzene rings is 2. The summed E-state index contributed by atoms with van der Waals surface area (Å²) in [5.74, 6) is -3.18. The van der Waals surface area contributed by atoms with E-state index in [1.54, 1.807) is 27.9 Å². The van der Waals surface area contributed by atoms with E-state index >= 15 is 0 Å². The first-order valence-electron chi connectivity index (χ1n) is 25.9. The lowest BCUT2D eigenvalue weighted by atomic mass is 9.85. The summed E-state index contributed by atoms with van der Waals surface area (Å²) in [6.07, 6.45) is 4.54. The number of carbonyl (C=O) groups excluding carboxylic acids is 8. The standard InChI is InChI=1S/C54H80N10O8/c1-33(55-9)47(67)59-45(53(3,4)5)51(71)63-29-27-61(31-41(63)49(69)57-39-23-15-19-35-17-11-13-21-37(35)39)43(65)25-26-44(66)62-28-30-64(52(72)46(54(6,7)8)60-48(68)34(2)56-10)42(32-62)50(70)58-40-24-16-20-36-18-12-14-22-38(36)40/h11-14,17-18,21-22,33-34,39-42,45-46,55-56H,15-16,19-20,23-32H2,1-10H3,(H,57,69)(H,58,70)(H,59,67)(H,60,68)/t33-,34-,39+,40+,41-,42-,45+,46+/m0/s1. The summed E-state index contributed by atoms with van der Waals surface area (Å²) in [7, 11) is 3.31. The molecule has 0 spiro atoms. The number of nitrogens with zero attached hydrogens (tertiary/aromatic N) is 4. The number of hydrogen-bond acceptors (Lipinski definition) is 10. The van der Waals surface area contributed by atoms with Gasteiger partial charge < -0.3 is 51.5 Å². The third-order valence-electron chi connectivity index (χ3n) is 15.0. The van der Waals surface area contributed by atoms with Crippen LogP contribution in [0.5, 0.6) is 0 Å². The van der Waals surface area contributed by atoms with Gasteiger partial charge >= 0.3 is 0 Å². The fraction of sp³-hybridized carbons (Fsp3) is 0.630. The summed E-state index contributed by atoms with van der Waals surface area (Å²) >= 11 is 0. The monoisotopic (exact) mass is 997 g/mol. The van der Waals surface area contributed by atoms with Crippen molar-refractivity contribution >= 4 is 47.3 Å². The predicted molar refractivity (Wildman–Crippen MR) is 274 cm³/mol. The minimum absolute atomic E-state index is 0.0179. The number of rotatable bonds is 15. The molecule has 72 heavy (non-hydrogen) atoms. The van der Waals surface area contributed by atoms with E-state index in [-0.39, 0.29) is 87.8 Å². The van der Waals surface area contributed by atoms with Gasteiger partial charge in [0.1, 0.15) is 24.2 Å². The quantitative estimate of drug-likeness (QED) is 0.153. The molecular formula is C54H80N10O8. The van der Waals surface area contributed by atoms with Gasteiger partial charge in [-0.25, -0.2) is 0 Å². The van der Waals surface area contributed by atoms with E-state index in [9.17, 15) is 38.4 Å². The second-order valence-corrected chi connectivity index (χ2v) is 22.2. The van der Waals surface area contributed by atoms with Gasteiger partial charge in [-0.05, 0) is 99.6 Å². The molecule has 0 radical (unpaired) electrons. The second-order valence-electron chi connectivity index (χ2n) is 22.2. The summed E-state index contributed by atoms with van der Waals surface area (Å²) in [4.78, 5) is 119. The molecule has 2 saturated heterocycles. The predicted octanol–water partition coefficient (Wildman–Crippen LogP) is 2.51. The lowest BCUT2D eigenvalue weighted by Crippen LogP contribution is -2.66. The van der Waals surface area contributed by atoms with Crippen LogP contribution in [0, 0.1) is 10.8 Å². The van der Waals surface area contributed by atoms with Crippen molar-refractivity contribution in [1.82, 2.24) is 51.5 Å². The Balaban J connectivity index is 1.19. The minimum Gasteiger partial charge on any atom is -0.347 e. The summed E-state index contributed by atoms with van der Waals surface area (Å²) in [5, 5.41) is 18.0. The largest absolute Gasteiger partial charge is 0.347 e. The fourth-order valence-corrected chi connectivity index (χ4v) is 10.3. The minimum atomic E-state index is -1.09. The van der Waals surface area contributed by atoms with Gasteiger partial charge in [0.05, 0.1) is 37.3 Å². The second kappa shape index (κ2) is 23.8. The molecule has 2 aliphatic heterocycles. The zero-order valence-electron chi connectivity index (χ0n) is 44.2. The molecule has 0 saturated carbocycles. The summed E-state index contributed by atoms with van der Waals surface area (Å²) in [5.41, 5.74) is 2.87. The molecule has 2 aromatic rings. The average Bonchev–Trinajstić information content (AvgIpc) is 3.36. The Bertz CT molecular complexity index is 2170. The molecule has 18 nitrogen and oxygen atoms in total. The van der Waals surface area contributed by atoms with Gasteiger partial charge in [-0.15, -0.1) is 0 Å². The first kappa shape index (κ1) is 55.4. The Kier molecular flexibility index (Phi) is 18.3. The zero-order chi connectivity index (χ0) is 52.7. The van der Waals surface area contributed by atoms with Crippen LogP contribution in [0.4, 0.5) is 0 Å². The molecule has 0 unspecified atom stereocenters. The molecular weight excluding hydrogens is 917 g/mol. The van der Waals surface area contributed by atoms with Crippen LogP contribution in [-0.2, 0) is 51.2 Å². The molecule has 6 N–H and O–H groups in total. The Morgan fingerprint density at radius 1 is 0.556 bits per heavy atom. The summed E-state index contributed by atoms with van der Waals surface area (Å²) in [6.45, 7) is 14.5. The van der Waals surface area contributed by atoms with E-state index < -0.39 is 70.7 Å². The molecule has 6 rings (SSSR count). The van der Waals surface area contributed by atoms with Crippen molar-refractivity contribution in [2.45, 2.75) is 155 Å². The van der Waals surface area contributed by atoms with E-state index in [0.29, 0.717) is 12.8 Å². The summed E-state index contributed by atoms with van der Waals surface area (Å²) in [6, 6.07) is 10.0. The van der Waals surface area contributed by atoms with Gasteiger partial charge in [0.2, 0.25) is 47.3 Å². The Labute approximate surface area is 425 Å². The van der Waals surface area contributed by atoms with Crippen LogP contribution in [0.15, 0.2) is 48.5 Å². The highest BCUT2D eigenvalue weighted by Gasteiger charge is 2.46. The zero-order valence-corrected chi connectivity index (χ0v) is 44.2. The number of hydrogen-bond donors (Lipinski definition) is 6. The van der Waals surface area contributed by atoms with Crippen LogP contribution in [0.3, 0.4) is 0 Å². The molecule has 2 heterocycles. The Hall–Kier alpha value is -5.88. The maximum absolute atomic E-state index is 14.6. The smallest absolute Gasteiger partial charge is 0.246 e. The van der Waals surface area contributed by atoms with Crippen LogP contribution in [0.25, 0.3) is 0 Å². The molecule has 2 aliphatic carbocycles. The van der Waals surface area contributed by atoms with Crippen molar-refractivity contribution < 1.29 is 38.4 Å². The average molecular weight is 997 g/mol. The molecule has 0 aromatic heterocycles. The van der Waals surface area contributed by atoms with Crippen LogP contribution in [0.1, 0.15) is 128 Å². The number of fused-ring (bicyclic) bond motifs is 2. The van der Waals surface area contributed by atoms with Crippen LogP contribution >= 0.6 is 0 Å². The molecule has 18 heteroatoms. The number of carbonyl (C=O) groups is 8. The van der Waals surface area contributed by atoms with E-state index in [1.165, 1.54) is 19.6 Å². The van der Waals surface area contributed by atoms with Crippen molar-refractivity contribution in [3.63, 3.8) is 0 Å². The van der Waals surface area contributed by atoms with Gasteiger partial charge in [0.15, 0.2) is 0 Å². The molecule has 394 valence electrons. The highest BCUT2D eigenvalue weighted by Crippen LogP contribution is 2.32. The first-order valence-corrected chi connectivity index (χ1v) is 25.9. The molecule has 4 aliphatic rings. The third-order valence-corrected chi connectivity index (χ3v) is 15.0. The van der Waals surface area contributed by atoms with E-state index in [1.807, 2.05) is 77.9 Å². The SMILES string of the molecule is CN[C@@H](C)C(=O)N[C@H](C(=O)N1CCN(C(=O)CCC(=O)N2CCN(C(=O)[C@@H](NC(=O)[C@H](C)NC)C(C)(C)C)[C@H](C(=O)N[C@@H]3CCCc4ccccc43)C2)C[C@H]1C(=O)N[C@@H]1CCCc2ccccc21)C(C)(C)C. The van der Waals surface area contributed by atoms with Gasteiger partial charge in [0, 0.05) is 39.0 Å². The van der Waals surface area contributed by atoms with Crippen molar-refractivity contribution in [3.8, 4) is 0 Å². The Morgan fingerprint density at radius 2 is 0.917 bits per heavy atom. The van der Waals surface area contributed by atoms with Crippen molar-refractivity contribution in [3.05, 3.63) is 70.8 Å². The van der Waals surface area contributed by atoms with E-state index in [2.05, 4.69) is 44.0 Å². The molecule has 2 aromatic carbocycles. The van der Waals surface area contributed by atoms with Crippen LogP contribution < -0.4 is 31.9 Å². The number of nitrogens with one attached hydrogen (secondary N) is 6. The number of aryl methyl sites for hydroxylation is 2. The lowest BCUT2D eigenvalue weighted by molar-refractivity contribution is -0.154. The fourth-order valence-electron chi connectivity index (χ4n) is 10.3. The van der Waals surface area contributed by atoms with Crippen molar-refractivity contribution in [2.75, 3.05) is 53.4 Å². The third kappa shape index (κ3) is 13.2. The van der Waals surface area contributed by atoms with Gasteiger partial charge in [-0.3, -0.25) is 38.4 Å².